The van der Waals surface area contributed by atoms with E-state index in [1.807, 2.05) is 72.9 Å². The minimum atomic E-state index is -0.439. The van der Waals surface area contributed by atoms with Crippen molar-refractivity contribution in [1.29, 1.82) is 0 Å². The minimum absolute atomic E-state index is 0.139. The second-order valence-electron chi connectivity index (χ2n) is 10.9. The van der Waals surface area contributed by atoms with Gasteiger partial charge in [-0.1, -0.05) is 90.5 Å². The summed E-state index contributed by atoms with van der Waals surface area (Å²) in [7, 11) is 0. The van der Waals surface area contributed by atoms with Gasteiger partial charge in [0.25, 0.3) is 11.8 Å². The van der Waals surface area contributed by atoms with Crippen LogP contribution in [0.4, 0.5) is 0 Å². The third-order valence-electron chi connectivity index (χ3n) is 8.82. The predicted octanol–water partition coefficient (Wildman–Crippen LogP) is 6.57. The summed E-state index contributed by atoms with van der Waals surface area (Å²) < 4.78 is 2.15. The van der Waals surface area contributed by atoms with E-state index < -0.39 is 11.8 Å². The highest BCUT2D eigenvalue weighted by molar-refractivity contribution is 6.30. The van der Waals surface area contributed by atoms with Crippen LogP contribution in [-0.4, -0.2) is 27.6 Å². The zero-order chi connectivity index (χ0) is 27.0. The van der Waals surface area contributed by atoms with Crippen molar-refractivity contribution in [2.75, 3.05) is 0 Å². The van der Waals surface area contributed by atoms with Crippen LogP contribution in [0.5, 0.6) is 0 Å². The first-order valence-corrected chi connectivity index (χ1v) is 13.9. The first-order valence-electron chi connectivity index (χ1n) is 13.5. The monoisotopic (exact) mass is 541 g/mol. The third-order valence-corrected chi connectivity index (χ3v) is 9.08. The highest BCUT2D eigenvalue weighted by Crippen LogP contribution is 2.60. The smallest absolute Gasteiger partial charge is 0.254 e. The van der Waals surface area contributed by atoms with Crippen molar-refractivity contribution in [1.82, 2.24) is 9.58 Å². The molecule has 9 rings (SSSR count). The fraction of sp³-hybridized carbons (Fsp3) is 0.147. The molecule has 1 aromatic heterocycles. The van der Waals surface area contributed by atoms with Crippen molar-refractivity contribution in [3.05, 3.63) is 142 Å². The van der Waals surface area contributed by atoms with E-state index in [9.17, 15) is 9.59 Å². The van der Waals surface area contributed by atoms with Gasteiger partial charge in [-0.25, -0.2) is 0 Å². The van der Waals surface area contributed by atoms with Crippen molar-refractivity contribution in [2.45, 2.75) is 18.4 Å². The van der Waals surface area contributed by atoms with Crippen LogP contribution in [-0.2, 0) is 16.1 Å². The number of carbonyl (C=O) groups is 2. The van der Waals surface area contributed by atoms with Crippen LogP contribution in [0, 0.1) is 11.8 Å². The number of hydrogen-bond acceptors (Lipinski definition) is 3. The second-order valence-corrected chi connectivity index (χ2v) is 11.3. The van der Waals surface area contributed by atoms with E-state index in [0.717, 1.165) is 49.3 Å². The number of fused-ring (bicyclic) bond motifs is 1. The van der Waals surface area contributed by atoms with Gasteiger partial charge in [-0.05, 0) is 46.0 Å². The molecule has 2 atom stereocenters. The van der Waals surface area contributed by atoms with E-state index in [4.69, 9.17) is 11.6 Å². The van der Waals surface area contributed by atoms with Gasteiger partial charge in [0.15, 0.2) is 0 Å². The number of hydrogen-bond donors (Lipinski definition) is 0. The molecular formula is C34H24ClN3O2. The van der Waals surface area contributed by atoms with Crippen LogP contribution in [0.3, 0.4) is 0 Å². The molecule has 2 amide bonds. The molecule has 1 aliphatic heterocycles. The lowest BCUT2D eigenvalue weighted by Crippen LogP contribution is -2.41. The first-order chi connectivity index (χ1) is 19.6. The van der Waals surface area contributed by atoms with Crippen LogP contribution in [0.1, 0.15) is 45.2 Å². The minimum Gasteiger partial charge on any atom is -0.342 e. The van der Waals surface area contributed by atoms with E-state index >= 15 is 0 Å². The summed E-state index contributed by atoms with van der Waals surface area (Å²) in [6, 6.07) is 32.4. The number of rotatable bonds is 4. The van der Waals surface area contributed by atoms with Crippen molar-refractivity contribution in [2.24, 2.45) is 16.9 Å². The van der Waals surface area contributed by atoms with Crippen molar-refractivity contribution in [3.8, 4) is 0 Å². The van der Waals surface area contributed by atoms with E-state index in [2.05, 4.69) is 40.0 Å². The lowest BCUT2D eigenvalue weighted by Gasteiger charge is -2.45. The number of halogens is 1. The SMILES string of the molecule is O=C1C2C3c4ccccc4C(c4ccccc43)C2C(=O)N1/N=C/c1cn(Cc2ccc(Cl)cc2)c2ccccc12. The lowest BCUT2D eigenvalue weighted by molar-refractivity contribution is -0.139. The van der Waals surface area contributed by atoms with Crippen LogP contribution in [0.2, 0.25) is 5.02 Å². The molecule has 0 radical (unpaired) electrons. The molecule has 2 bridgehead atoms. The average molecular weight is 542 g/mol. The number of carbonyl (C=O) groups excluding carboxylic acids is 2. The highest BCUT2D eigenvalue weighted by atomic mass is 35.5. The van der Waals surface area contributed by atoms with Gasteiger partial charge in [-0.3, -0.25) is 9.59 Å². The van der Waals surface area contributed by atoms with Crippen molar-refractivity contribution in [3.63, 3.8) is 0 Å². The van der Waals surface area contributed by atoms with Gasteiger partial charge in [0.05, 0.1) is 18.1 Å². The Morgan fingerprint density at radius 1 is 0.700 bits per heavy atom. The van der Waals surface area contributed by atoms with Crippen LogP contribution in [0.25, 0.3) is 10.9 Å². The molecule has 1 fully saturated rings. The van der Waals surface area contributed by atoms with Gasteiger partial charge in [0.1, 0.15) is 0 Å². The molecule has 1 saturated heterocycles. The van der Waals surface area contributed by atoms with Gasteiger partial charge in [0.2, 0.25) is 0 Å². The van der Waals surface area contributed by atoms with Crippen LogP contribution >= 0.6 is 11.6 Å². The van der Waals surface area contributed by atoms with Crippen molar-refractivity contribution < 1.29 is 9.59 Å². The molecule has 2 unspecified atom stereocenters. The normalized spacial score (nSPS) is 22.7. The van der Waals surface area contributed by atoms with Gasteiger partial charge < -0.3 is 4.57 Å². The van der Waals surface area contributed by atoms with Gasteiger partial charge in [0, 0.05) is 46.1 Å². The Kier molecular flexibility index (Phi) is 5.13. The Morgan fingerprint density at radius 2 is 1.23 bits per heavy atom. The van der Waals surface area contributed by atoms with Gasteiger partial charge >= 0.3 is 0 Å². The van der Waals surface area contributed by atoms with E-state index in [1.54, 1.807) is 6.21 Å². The Morgan fingerprint density at radius 3 is 1.80 bits per heavy atom. The van der Waals surface area contributed by atoms with E-state index in [-0.39, 0.29) is 23.7 Å². The molecule has 194 valence electrons. The molecule has 5 nitrogen and oxygen atoms in total. The summed E-state index contributed by atoms with van der Waals surface area (Å²) in [5, 5.41) is 7.41. The number of nitrogens with zero attached hydrogens (tertiary/aromatic N) is 3. The zero-order valence-electron chi connectivity index (χ0n) is 21.4. The topological polar surface area (TPSA) is 54.7 Å². The summed E-state index contributed by atoms with van der Waals surface area (Å²) in [5.41, 5.74) is 7.66. The Labute approximate surface area is 236 Å². The van der Waals surface area contributed by atoms with Crippen molar-refractivity contribution >= 4 is 40.5 Å². The van der Waals surface area contributed by atoms with E-state index in [1.165, 1.54) is 0 Å². The maximum Gasteiger partial charge on any atom is 0.254 e. The number of hydrazone groups is 1. The summed E-state index contributed by atoms with van der Waals surface area (Å²) in [4.78, 5) is 27.8. The maximum atomic E-state index is 13.9. The molecule has 0 spiro atoms. The van der Waals surface area contributed by atoms with Gasteiger partial charge in [-0.2, -0.15) is 10.1 Å². The summed E-state index contributed by atoms with van der Waals surface area (Å²) >= 11 is 6.08. The third kappa shape index (κ3) is 3.31. The largest absolute Gasteiger partial charge is 0.342 e. The Hall–Kier alpha value is -4.48. The molecule has 40 heavy (non-hydrogen) atoms. The summed E-state index contributed by atoms with van der Waals surface area (Å²) in [5.74, 6) is -1.58. The van der Waals surface area contributed by atoms with Crippen LogP contribution in [0.15, 0.2) is 108 Å². The average Bonchev–Trinajstić information content (AvgIpc) is 3.47. The molecule has 2 heterocycles. The highest BCUT2D eigenvalue weighted by Gasteiger charge is 2.61. The number of amides is 2. The quantitative estimate of drug-likeness (QED) is 0.191. The molecule has 4 aliphatic rings. The van der Waals surface area contributed by atoms with E-state index in [0.29, 0.717) is 11.6 Å². The molecule has 0 N–H and O–H groups in total. The standard InChI is InChI=1S/C34H24ClN3O2/c35-22-15-13-20(14-16-22)18-37-19-21(23-7-5-6-12-28(23)37)17-36-38-33(39)31-29-24-8-1-2-9-25(24)30(32(31)34(38)40)27-11-4-3-10-26(27)29/h1-17,19,29-32H,18H2/b36-17+. The fourth-order valence-corrected chi connectivity index (χ4v) is 7.32. The van der Waals surface area contributed by atoms with Gasteiger partial charge in [-0.15, -0.1) is 0 Å². The number of para-hydroxylation sites is 1. The molecule has 3 aliphatic carbocycles. The Bertz CT molecular complexity index is 1760. The number of aromatic nitrogens is 1. The maximum absolute atomic E-state index is 13.9. The predicted molar refractivity (Wildman–Crippen MR) is 155 cm³/mol. The number of benzene rings is 4. The number of imide groups is 1. The zero-order valence-corrected chi connectivity index (χ0v) is 22.2. The fourth-order valence-electron chi connectivity index (χ4n) is 7.19. The summed E-state index contributed by atoms with van der Waals surface area (Å²) in [6.07, 6.45) is 3.69. The Balaban J connectivity index is 1.16. The van der Waals surface area contributed by atoms with Crippen LogP contribution < -0.4 is 0 Å². The molecule has 4 aromatic carbocycles. The first kappa shape index (κ1) is 23.4. The molecular weight excluding hydrogens is 518 g/mol. The second kappa shape index (κ2) is 8.77. The molecule has 0 saturated carbocycles. The molecule has 5 aromatic rings. The summed E-state index contributed by atoms with van der Waals surface area (Å²) in [6.45, 7) is 0.664. The molecule has 6 heteroatoms. The lowest BCUT2D eigenvalue weighted by atomic mass is 9.55.